The summed E-state index contributed by atoms with van der Waals surface area (Å²) in [5.41, 5.74) is 0.846. The van der Waals surface area contributed by atoms with Crippen molar-refractivity contribution in [1.29, 1.82) is 0 Å². The van der Waals surface area contributed by atoms with E-state index in [1.165, 1.54) is 32.4 Å². The Labute approximate surface area is 206 Å². The molecule has 1 heterocycles. The van der Waals surface area contributed by atoms with Gasteiger partial charge < -0.3 is 14.8 Å². The van der Waals surface area contributed by atoms with E-state index in [-0.39, 0.29) is 28.1 Å². The van der Waals surface area contributed by atoms with Gasteiger partial charge in [0.15, 0.2) is 5.16 Å². The topological polar surface area (TPSA) is 117 Å². The molecule has 0 spiro atoms. The highest BCUT2D eigenvalue weighted by molar-refractivity contribution is 7.99. The lowest BCUT2D eigenvalue weighted by Crippen LogP contribution is -2.25. The minimum atomic E-state index is -0.657. The van der Waals surface area contributed by atoms with Gasteiger partial charge in [-0.1, -0.05) is 37.7 Å². The second-order valence-electron chi connectivity index (χ2n) is 8.17. The maximum atomic E-state index is 13.1. The maximum absolute atomic E-state index is 13.1. The highest BCUT2D eigenvalue weighted by Gasteiger charge is 2.17. The SMILES string of the molecule is COC(=O)c1cc(NC(=O)CSc2nc3ccccc3c(=O)n2CCC(C)C)cc(C(=O)OC)c1. The fraction of sp³-hybridized carbons (Fsp3) is 0.320. The van der Waals surface area contributed by atoms with E-state index in [1.807, 2.05) is 6.07 Å². The van der Waals surface area contributed by atoms with E-state index >= 15 is 0 Å². The zero-order chi connectivity index (χ0) is 25.5. The van der Waals surface area contributed by atoms with Gasteiger partial charge >= 0.3 is 11.9 Å². The number of carbonyl (C=O) groups excluding carboxylic acids is 3. The molecule has 0 aliphatic heterocycles. The summed E-state index contributed by atoms with van der Waals surface area (Å²) in [6.07, 6.45) is 0.788. The number of para-hydroxylation sites is 1. The van der Waals surface area contributed by atoms with Crippen LogP contribution in [0, 0.1) is 5.92 Å². The highest BCUT2D eigenvalue weighted by atomic mass is 32.2. The molecule has 1 aromatic heterocycles. The molecule has 0 saturated carbocycles. The van der Waals surface area contributed by atoms with Crippen LogP contribution >= 0.6 is 11.8 Å². The Morgan fingerprint density at radius 1 is 1.03 bits per heavy atom. The van der Waals surface area contributed by atoms with Gasteiger partial charge in [-0.25, -0.2) is 14.6 Å². The second kappa shape index (κ2) is 11.7. The molecule has 3 rings (SSSR count). The summed E-state index contributed by atoms with van der Waals surface area (Å²) in [5.74, 6) is -1.36. The fourth-order valence-corrected chi connectivity index (χ4v) is 4.17. The van der Waals surface area contributed by atoms with Gasteiger partial charge in [-0.3, -0.25) is 14.2 Å². The Hall–Kier alpha value is -3.66. The van der Waals surface area contributed by atoms with E-state index in [0.29, 0.717) is 28.5 Å². The number of thioether (sulfide) groups is 1. The molecule has 10 heteroatoms. The van der Waals surface area contributed by atoms with Gasteiger partial charge in [0.1, 0.15) is 0 Å². The third-order valence-corrected chi connectivity index (χ3v) is 6.12. The number of esters is 2. The van der Waals surface area contributed by atoms with Crippen molar-refractivity contribution >= 4 is 46.2 Å². The Balaban J connectivity index is 1.84. The number of ether oxygens (including phenoxy) is 2. The summed E-state index contributed by atoms with van der Waals surface area (Å²) >= 11 is 1.14. The van der Waals surface area contributed by atoms with Crippen LogP contribution in [0.4, 0.5) is 5.69 Å². The van der Waals surface area contributed by atoms with E-state index in [9.17, 15) is 19.2 Å². The standard InChI is InChI=1S/C25H27N3O6S/c1-15(2)9-10-28-22(30)19-7-5-6-8-20(19)27-25(28)35-14-21(29)26-18-12-16(23(31)33-3)11-17(13-18)24(32)34-4/h5-8,11-13,15H,9-10,14H2,1-4H3,(H,26,29). The van der Waals surface area contributed by atoms with Gasteiger partial charge in [0.05, 0.1) is 42.0 Å². The molecule has 0 saturated heterocycles. The Kier molecular flexibility index (Phi) is 8.64. The van der Waals surface area contributed by atoms with E-state index in [0.717, 1.165) is 18.2 Å². The lowest BCUT2D eigenvalue weighted by atomic mass is 10.1. The molecule has 0 aliphatic rings. The third kappa shape index (κ3) is 6.48. The number of methoxy groups -OCH3 is 2. The summed E-state index contributed by atoms with van der Waals surface area (Å²) in [7, 11) is 2.44. The fourth-order valence-electron chi connectivity index (χ4n) is 3.34. The van der Waals surface area contributed by atoms with Crippen LogP contribution in [0.25, 0.3) is 10.9 Å². The zero-order valence-corrected chi connectivity index (χ0v) is 20.8. The van der Waals surface area contributed by atoms with Crippen molar-refractivity contribution in [3.8, 4) is 0 Å². The number of nitrogens with one attached hydrogen (secondary N) is 1. The molecule has 0 aliphatic carbocycles. The van der Waals surface area contributed by atoms with E-state index in [2.05, 4.69) is 24.1 Å². The summed E-state index contributed by atoms with van der Waals surface area (Å²) in [5, 5.41) is 3.66. The first-order valence-corrected chi connectivity index (χ1v) is 12.0. The molecule has 0 bridgehead atoms. The molecule has 0 atom stereocenters. The quantitative estimate of drug-likeness (QED) is 0.270. The lowest BCUT2D eigenvalue weighted by molar-refractivity contribution is -0.113. The third-order valence-electron chi connectivity index (χ3n) is 5.15. The van der Waals surface area contributed by atoms with Crippen molar-refractivity contribution in [2.45, 2.75) is 32.0 Å². The number of benzene rings is 2. The van der Waals surface area contributed by atoms with Crippen LogP contribution < -0.4 is 10.9 Å². The van der Waals surface area contributed by atoms with Crippen molar-refractivity contribution in [3.05, 3.63) is 63.9 Å². The smallest absolute Gasteiger partial charge is 0.337 e. The number of amides is 1. The highest BCUT2D eigenvalue weighted by Crippen LogP contribution is 2.21. The molecule has 1 amide bonds. The number of nitrogens with zero attached hydrogens (tertiary/aromatic N) is 2. The molecule has 1 N–H and O–H groups in total. The van der Waals surface area contributed by atoms with Crippen LogP contribution in [-0.2, 0) is 20.8 Å². The first-order chi connectivity index (χ1) is 16.7. The van der Waals surface area contributed by atoms with Crippen molar-refractivity contribution in [2.75, 3.05) is 25.3 Å². The molecule has 9 nitrogen and oxygen atoms in total. The van der Waals surface area contributed by atoms with Crippen LogP contribution in [0.3, 0.4) is 0 Å². The predicted octanol–water partition coefficient (Wildman–Crippen LogP) is 3.75. The lowest BCUT2D eigenvalue weighted by Gasteiger charge is -2.14. The molecule has 0 fully saturated rings. The average Bonchev–Trinajstić information content (AvgIpc) is 2.85. The van der Waals surface area contributed by atoms with Crippen LogP contribution in [0.2, 0.25) is 0 Å². The van der Waals surface area contributed by atoms with Crippen molar-refractivity contribution in [3.63, 3.8) is 0 Å². The van der Waals surface area contributed by atoms with Crippen LogP contribution in [0.5, 0.6) is 0 Å². The molecular formula is C25H27N3O6S. The van der Waals surface area contributed by atoms with Gasteiger partial charge in [-0.05, 0) is 42.7 Å². The van der Waals surface area contributed by atoms with Crippen LogP contribution in [0.15, 0.2) is 52.4 Å². The van der Waals surface area contributed by atoms with Gasteiger partial charge in [0, 0.05) is 12.2 Å². The van der Waals surface area contributed by atoms with Crippen molar-refractivity contribution in [1.82, 2.24) is 9.55 Å². The summed E-state index contributed by atoms with van der Waals surface area (Å²) < 4.78 is 11.0. The molecule has 35 heavy (non-hydrogen) atoms. The van der Waals surface area contributed by atoms with Gasteiger partial charge in [-0.15, -0.1) is 0 Å². The molecule has 2 aromatic carbocycles. The van der Waals surface area contributed by atoms with E-state index in [1.54, 1.807) is 22.8 Å². The van der Waals surface area contributed by atoms with Crippen molar-refractivity contribution in [2.24, 2.45) is 5.92 Å². The molecule has 0 radical (unpaired) electrons. The number of hydrogen-bond donors (Lipinski definition) is 1. The van der Waals surface area contributed by atoms with E-state index in [4.69, 9.17) is 9.47 Å². The Morgan fingerprint density at radius 2 is 1.66 bits per heavy atom. The number of anilines is 1. The van der Waals surface area contributed by atoms with E-state index < -0.39 is 17.8 Å². The minimum Gasteiger partial charge on any atom is -0.465 e. The minimum absolute atomic E-state index is 0.0392. The molecule has 0 unspecified atom stereocenters. The van der Waals surface area contributed by atoms with Crippen molar-refractivity contribution < 1.29 is 23.9 Å². The van der Waals surface area contributed by atoms with Crippen LogP contribution in [0.1, 0.15) is 41.0 Å². The monoisotopic (exact) mass is 497 g/mol. The first kappa shape index (κ1) is 26.0. The normalized spacial score (nSPS) is 10.9. The molecular weight excluding hydrogens is 470 g/mol. The number of carbonyl (C=O) groups is 3. The number of aromatic nitrogens is 2. The number of hydrogen-bond acceptors (Lipinski definition) is 8. The second-order valence-corrected chi connectivity index (χ2v) is 9.11. The first-order valence-electron chi connectivity index (χ1n) is 11.0. The van der Waals surface area contributed by atoms with Gasteiger partial charge in [0.25, 0.3) is 5.56 Å². The molecule has 3 aromatic rings. The Morgan fingerprint density at radius 3 is 2.26 bits per heavy atom. The predicted molar refractivity (Wildman–Crippen MR) is 134 cm³/mol. The maximum Gasteiger partial charge on any atom is 0.337 e. The van der Waals surface area contributed by atoms with Gasteiger partial charge in [-0.2, -0.15) is 0 Å². The average molecular weight is 498 g/mol. The van der Waals surface area contributed by atoms with Crippen LogP contribution in [-0.4, -0.2) is 47.4 Å². The van der Waals surface area contributed by atoms with Gasteiger partial charge in [0.2, 0.25) is 5.91 Å². The summed E-state index contributed by atoms with van der Waals surface area (Å²) in [6, 6.07) is 11.3. The largest absolute Gasteiger partial charge is 0.465 e. The molecule has 184 valence electrons. The summed E-state index contributed by atoms with van der Waals surface area (Å²) in [6.45, 7) is 4.64. The zero-order valence-electron chi connectivity index (χ0n) is 20.0. The summed E-state index contributed by atoms with van der Waals surface area (Å²) in [4.78, 5) is 54.4. The number of rotatable bonds is 9. The Bertz CT molecular complexity index is 1280. The number of fused-ring (bicyclic) bond motifs is 1.